The van der Waals surface area contributed by atoms with E-state index in [-0.39, 0.29) is 18.3 Å². The van der Waals surface area contributed by atoms with Crippen LogP contribution in [0.4, 0.5) is 5.69 Å². The minimum Gasteiger partial charge on any atom is -0.312 e. The molecule has 3 heterocycles. The van der Waals surface area contributed by atoms with Crippen LogP contribution in [0.3, 0.4) is 0 Å². The lowest BCUT2D eigenvalue weighted by atomic mass is 10.0. The Balaban J connectivity index is 0.00000256. The van der Waals surface area contributed by atoms with Crippen LogP contribution in [-0.4, -0.2) is 44.8 Å². The average molecular weight is 488 g/mol. The number of carbonyl (C=O) groups is 1. The molecule has 0 aliphatic carbocycles. The van der Waals surface area contributed by atoms with Crippen molar-refractivity contribution in [2.24, 2.45) is 0 Å². The fourth-order valence-corrected chi connectivity index (χ4v) is 5.85. The molecule has 4 rings (SSSR count). The smallest absolute Gasteiger partial charge is 0.245 e. The van der Waals surface area contributed by atoms with Gasteiger partial charge < -0.3 is 10.2 Å². The van der Waals surface area contributed by atoms with Gasteiger partial charge in [-0.05, 0) is 60.9 Å². The van der Waals surface area contributed by atoms with Gasteiger partial charge in [0.15, 0.2) is 0 Å². The van der Waals surface area contributed by atoms with Gasteiger partial charge in [-0.2, -0.15) is 4.31 Å². The number of amides is 1. The lowest BCUT2D eigenvalue weighted by Gasteiger charge is -2.24. The zero-order chi connectivity index (χ0) is 20.6. The van der Waals surface area contributed by atoms with Gasteiger partial charge in [-0.25, -0.2) is 8.42 Å². The number of carbonyl (C=O) groups excluding carboxylic acids is 1. The number of nitrogens with zero attached hydrogens (tertiary/aromatic N) is 2. The van der Waals surface area contributed by atoms with Gasteiger partial charge in [-0.15, -0.1) is 23.7 Å². The molecule has 162 valence electrons. The van der Waals surface area contributed by atoms with Crippen molar-refractivity contribution in [3.05, 3.63) is 56.1 Å². The first kappa shape index (κ1) is 23.2. The maximum absolute atomic E-state index is 13.0. The third-order valence-electron chi connectivity index (χ3n) is 5.40. The molecule has 2 aliphatic heterocycles. The van der Waals surface area contributed by atoms with E-state index in [4.69, 9.17) is 11.6 Å². The van der Waals surface area contributed by atoms with Crippen molar-refractivity contribution in [2.75, 3.05) is 25.0 Å². The van der Waals surface area contributed by atoms with Crippen LogP contribution in [0, 0.1) is 0 Å². The second-order valence-electron chi connectivity index (χ2n) is 7.18. The van der Waals surface area contributed by atoms with Crippen LogP contribution < -0.4 is 10.2 Å². The van der Waals surface area contributed by atoms with Gasteiger partial charge in [0.1, 0.15) is 6.04 Å². The Morgan fingerprint density at radius 3 is 2.80 bits per heavy atom. The molecule has 0 bridgehead atoms. The fourth-order valence-electron chi connectivity index (χ4n) is 3.73. The third-order valence-corrected chi connectivity index (χ3v) is 8.14. The summed E-state index contributed by atoms with van der Waals surface area (Å²) in [4.78, 5) is 15.4. The molecule has 2 aliphatic rings. The molecule has 1 aromatic heterocycles. The van der Waals surface area contributed by atoms with E-state index in [9.17, 15) is 13.2 Å². The Labute approximate surface area is 192 Å². The summed E-state index contributed by atoms with van der Waals surface area (Å²) in [7, 11) is -2.26. The second-order valence-corrected chi connectivity index (χ2v) is 10.8. The number of halogens is 2. The van der Waals surface area contributed by atoms with Gasteiger partial charge in [0.05, 0.1) is 4.34 Å². The average Bonchev–Trinajstić information content (AvgIpc) is 3.31. The molecule has 0 unspecified atom stereocenters. The number of benzene rings is 1. The van der Waals surface area contributed by atoms with Crippen molar-refractivity contribution in [3.8, 4) is 0 Å². The van der Waals surface area contributed by atoms with Crippen molar-refractivity contribution in [1.29, 1.82) is 0 Å². The molecule has 1 atom stereocenters. The SMILES string of the molecule is CN([C@H]1CCN(c2ccc3c(c2)CCNC3)C1=O)S(=O)(=O)C=Cc1ccc(Cl)s1.Cl. The summed E-state index contributed by atoms with van der Waals surface area (Å²) in [6.45, 7) is 2.27. The lowest BCUT2D eigenvalue weighted by molar-refractivity contribution is -0.120. The van der Waals surface area contributed by atoms with E-state index >= 15 is 0 Å². The largest absolute Gasteiger partial charge is 0.312 e. The number of rotatable bonds is 5. The Bertz CT molecular complexity index is 1070. The van der Waals surface area contributed by atoms with Gasteiger partial charge in [0.2, 0.25) is 15.9 Å². The highest BCUT2D eigenvalue weighted by molar-refractivity contribution is 7.92. The summed E-state index contributed by atoms with van der Waals surface area (Å²) in [5.74, 6) is -0.183. The van der Waals surface area contributed by atoms with E-state index in [2.05, 4.69) is 11.4 Å². The predicted molar refractivity (Wildman–Crippen MR) is 125 cm³/mol. The number of hydrogen-bond acceptors (Lipinski definition) is 5. The molecular weight excluding hydrogens is 465 g/mol. The molecule has 1 amide bonds. The van der Waals surface area contributed by atoms with Crippen molar-refractivity contribution in [1.82, 2.24) is 9.62 Å². The maximum Gasteiger partial charge on any atom is 0.245 e. The first-order valence-electron chi connectivity index (χ1n) is 9.40. The normalized spacial score (nSPS) is 19.4. The first-order chi connectivity index (χ1) is 13.8. The number of likely N-dealkylation sites (N-methyl/N-ethyl adjacent to an activating group) is 1. The summed E-state index contributed by atoms with van der Waals surface area (Å²) in [5.41, 5.74) is 3.34. The van der Waals surface area contributed by atoms with E-state index in [0.717, 1.165) is 35.5 Å². The van der Waals surface area contributed by atoms with Gasteiger partial charge >= 0.3 is 0 Å². The number of anilines is 1. The van der Waals surface area contributed by atoms with Crippen molar-refractivity contribution < 1.29 is 13.2 Å². The Kier molecular flexibility index (Phi) is 7.27. The zero-order valence-electron chi connectivity index (χ0n) is 16.4. The zero-order valence-corrected chi connectivity index (χ0v) is 19.6. The molecule has 30 heavy (non-hydrogen) atoms. The molecule has 1 saturated heterocycles. The number of fused-ring (bicyclic) bond motifs is 1. The van der Waals surface area contributed by atoms with Gasteiger partial charge in [0, 0.05) is 36.1 Å². The minimum atomic E-state index is -3.72. The van der Waals surface area contributed by atoms with Crippen molar-refractivity contribution >= 4 is 63.0 Å². The molecule has 0 saturated carbocycles. The number of hydrogen-bond donors (Lipinski definition) is 1. The summed E-state index contributed by atoms with van der Waals surface area (Å²) in [6, 6.07) is 8.83. The molecule has 2 aromatic rings. The van der Waals surface area contributed by atoms with Gasteiger partial charge in [-0.3, -0.25) is 4.79 Å². The summed E-state index contributed by atoms with van der Waals surface area (Å²) in [5, 5.41) is 4.47. The minimum absolute atomic E-state index is 0. The lowest BCUT2D eigenvalue weighted by Crippen LogP contribution is -2.42. The second kappa shape index (κ2) is 9.38. The van der Waals surface area contributed by atoms with Crippen LogP contribution >= 0.6 is 35.3 Å². The van der Waals surface area contributed by atoms with Crippen molar-refractivity contribution in [2.45, 2.75) is 25.4 Å². The van der Waals surface area contributed by atoms with Crippen LogP contribution in [0.1, 0.15) is 22.4 Å². The molecule has 0 radical (unpaired) electrons. The molecule has 1 aromatic carbocycles. The quantitative estimate of drug-likeness (QED) is 0.700. The predicted octanol–water partition coefficient (Wildman–Crippen LogP) is 3.51. The summed E-state index contributed by atoms with van der Waals surface area (Å²) < 4.78 is 27.2. The Morgan fingerprint density at radius 1 is 1.27 bits per heavy atom. The van der Waals surface area contributed by atoms with Gasteiger partial charge in [-0.1, -0.05) is 17.7 Å². The summed E-state index contributed by atoms with van der Waals surface area (Å²) >= 11 is 7.18. The number of sulfonamides is 1. The van der Waals surface area contributed by atoms with Crippen LogP contribution in [-0.2, 0) is 27.8 Å². The molecule has 6 nitrogen and oxygen atoms in total. The van der Waals surface area contributed by atoms with E-state index in [1.165, 1.54) is 39.9 Å². The van der Waals surface area contributed by atoms with Crippen LogP contribution in [0.15, 0.2) is 35.7 Å². The van der Waals surface area contributed by atoms with Gasteiger partial charge in [0.25, 0.3) is 0 Å². The number of thiophene rings is 1. The Hall–Kier alpha value is -1.42. The van der Waals surface area contributed by atoms with Crippen LogP contribution in [0.2, 0.25) is 4.34 Å². The first-order valence-corrected chi connectivity index (χ1v) is 12.1. The standard InChI is InChI=1S/C20H22ClN3O3S2.ClH/c1-23(29(26,27)11-8-17-4-5-19(21)28-17)18-7-10-24(20(18)25)16-3-2-15-13-22-9-6-14(15)12-16;/h2-5,8,11-12,18,22H,6-7,9-10,13H2,1H3;1H/t18-;/m0./s1. The fraction of sp³-hybridized carbons (Fsp3) is 0.350. The highest BCUT2D eigenvalue weighted by Crippen LogP contribution is 2.29. The van der Waals surface area contributed by atoms with E-state index in [1.807, 2.05) is 12.1 Å². The van der Waals surface area contributed by atoms with E-state index in [1.54, 1.807) is 17.0 Å². The monoisotopic (exact) mass is 487 g/mol. The van der Waals surface area contributed by atoms with E-state index in [0.29, 0.717) is 17.3 Å². The topological polar surface area (TPSA) is 69.7 Å². The highest BCUT2D eigenvalue weighted by Gasteiger charge is 2.39. The van der Waals surface area contributed by atoms with Crippen LogP contribution in [0.5, 0.6) is 0 Å². The summed E-state index contributed by atoms with van der Waals surface area (Å²) in [6.07, 6.45) is 2.91. The van der Waals surface area contributed by atoms with E-state index < -0.39 is 16.1 Å². The number of nitrogens with one attached hydrogen (secondary N) is 1. The highest BCUT2D eigenvalue weighted by atomic mass is 35.5. The molecule has 1 fully saturated rings. The maximum atomic E-state index is 13.0. The third kappa shape index (κ3) is 4.74. The Morgan fingerprint density at radius 2 is 2.07 bits per heavy atom. The molecular formula is C20H23Cl2N3O3S2. The van der Waals surface area contributed by atoms with Crippen LogP contribution in [0.25, 0.3) is 6.08 Å². The van der Waals surface area contributed by atoms with Crippen molar-refractivity contribution in [3.63, 3.8) is 0 Å². The molecule has 1 N–H and O–H groups in total. The molecule has 10 heteroatoms. The molecule has 0 spiro atoms.